The van der Waals surface area contributed by atoms with Gasteiger partial charge in [-0.05, 0) is 52.6 Å². The van der Waals surface area contributed by atoms with E-state index in [1.165, 1.54) is 19.3 Å². The third-order valence-corrected chi connectivity index (χ3v) is 5.54. The van der Waals surface area contributed by atoms with Crippen LogP contribution in [0.5, 0.6) is 5.75 Å². The average molecular weight is 436 g/mol. The molecule has 1 aromatic heterocycles. The second-order valence-electron chi connectivity index (χ2n) is 5.43. The molecule has 26 heavy (non-hydrogen) atoms. The van der Waals surface area contributed by atoms with Gasteiger partial charge in [0.1, 0.15) is 5.75 Å². The molecule has 3 aromatic rings. The van der Waals surface area contributed by atoms with E-state index in [9.17, 15) is 18.3 Å². The number of halogens is 1. The Kier molecular flexibility index (Phi) is 4.94. The van der Waals surface area contributed by atoms with E-state index in [1.807, 2.05) is 0 Å². The lowest BCUT2D eigenvalue weighted by atomic mass is 10.1. The van der Waals surface area contributed by atoms with Gasteiger partial charge in [-0.2, -0.15) is 0 Å². The second kappa shape index (κ2) is 7.02. The summed E-state index contributed by atoms with van der Waals surface area (Å²) in [5.41, 5.74) is 0.834. The number of hydrogen-bond acceptors (Lipinski definition) is 5. The summed E-state index contributed by atoms with van der Waals surface area (Å²) < 4.78 is 26.7. The third-order valence-electron chi connectivity index (χ3n) is 3.71. The van der Waals surface area contributed by atoms with Crippen molar-refractivity contribution in [3.8, 4) is 5.75 Å². The van der Waals surface area contributed by atoms with E-state index in [4.69, 9.17) is 0 Å². The molecular weight excluding hydrogens is 422 g/mol. The number of phenolic OH excluding ortho intramolecular Hbond substituents is 1. The maximum atomic E-state index is 12.3. The van der Waals surface area contributed by atoms with Gasteiger partial charge in [0.2, 0.25) is 10.0 Å². The van der Waals surface area contributed by atoms with E-state index in [2.05, 4.69) is 31.0 Å². The van der Waals surface area contributed by atoms with Crippen molar-refractivity contribution in [2.75, 3.05) is 12.4 Å². The Morgan fingerprint density at radius 1 is 1.15 bits per heavy atom. The summed E-state index contributed by atoms with van der Waals surface area (Å²) in [4.78, 5) is 16.2. The van der Waals surface area contributed by atoms with Crippen molar-refractivity contribution in [2.24, 2.45) is 0 Å². The van der Waals surface area contributed by atoms with Crippen LogP contribution in [0.4, 0.5) is 5.69 Å². The van der Waals surface area contributed by atoms with Crippen molar-refractivity contribution < 1.29 is 18.3 Å². The van der Waals surface area contributed by atoms with E-state index in [0.29, 0.717) is 26.5 Å². The molecule has 134 valence electrons. The molecule has 0 bridgehead atoms. The zero-order valence-electron chi connectivity index (χ0n) is 13.5. The van der Waals surface area contributed by atoms with Gasteiger partial charge in [-0.3, -0.25) is 9.78 Å². The topological polar surface area (TPSA) is 108 Å². The summed E-state index contributed by atoms with van der Waals surface area (Å²) in [5, 5.41) is 13.9. The lowest BCUT2D eigenvalue weighted by Crippen LogP contribution is -2.18. The monoisotopic (exact) mass is 435 g/mol. The number of carbonyl (C=O) groups is 1. The second-order valence-corrected chi connectivity index (χ2v) is 8.23. The minimum Gasteiger partial charge on any atom is -0.507 e. The van der Waals surface area contributed by atoms with Crippen LogP contribution in [0.1, 0.15) is 10.4 Å². The van der Waals surface area contributed by atoms with Gasteiger partial charge in [0.05, 0.1) is 10.5 Å². The first-order valence-electron chi connectivity index (χ1n) is 7.42. The van der Waals surface area contributed by atoms with Crippen LogP contribution < -0.4 is 10.0 Å². The van der Waals surface area contributed by atoms with Crippen molar-refractivity contribution in [3.05, 3.63) is 58.8 Å². The largest absolute Gasteiger partial charge is 0.507 e. The summed E-state index contributed by atoms with van der Waals surface area (Å²) in [6, 6.07) is 9.07. The quantitative estimate of drug-likeness (QED) is 0.583. The average Bonchev–Trinajstić information content (AvgIpc) is 2.62. The molecule has 1 heterocycles. The normalized spacial score (nSPS) is 11.5. The van der Waals surface area contributed by atoms with E-state index < -0.39 is 10.0 Å². The predicted molar refractivity (Wildman–Crippen MR) is 102 cm³/mol. The number of aromatic hydroxyl groups is 1. The molecule has 0 saturated heterocycles. The maximum absolute atomic E-state index is 12.3. The number of anilines is 1. The lowest BCUT2D eigenvalue weighted by Gasteiger charge is -2.10. The van der Waals surface area contributed by atoms with E-state index in [0.717, 1.165) is 6.07 Å². The zero-order chi connectivity index (χ0) is 18.9. The van der Waals surface area contributed by atoms with Gasteiger partial charge in [-0.25, -0.2) is 13.1 Å². The highest BCUT2D eigenvalue weighted by atomic mass is 79.9. The zero-order valence-corrected chi connectivity index (χ0v) is 15.9. The molecule has 0 spiro atoms. The number of sulfonamides is 1. The molecular formula is C17H14BrN3O4S. The molecule has 3 rings (SSSR count). The summed E-state index contributed by atoms with van der Waals surface area (Å²) in [7, 11) is -2.37. The number of amides is 1. The van der Waals surface area contributed by atoms with Crippen LogP contribution >= 0.6 is 15.9 Å². The van der Waals surface area contributed by atoms with Crippen molar-refractivity contribution in [1.82, 2.24) is 9.71 Å². The van der Waals surface area contributed by atoms with Crippen LogP contribution in [0.25, 0.3) is 10.8 Å². The first kappa shape index (κ1) is 18.3. The van der Waals surface area contributed by atoms with Gasteiger partial charge < -0.3 is 10.4 Å². The molecule has 0 fully saturated rings. The van der Waals surface area contributed by atoms with E-state index in [1.54, 1.807) is 30.5 Å². The van der Waals surface area contributed by atoms with Crippen LogP contribution in [0.2, 0.25) is 0 Å². The van der Waals surface area contributed by atoms with E-state index >= 15 is 0 Å². The van der Waals surface area contributed by atoms with Crippen molar-refractivity contribution in [3.63, 3.8) is 0 Å². The molecule has 0 aliphatic rings. The number of pyridine rings is 1. The van der Waals surface area contributed by atoms with Gasteiger partial charge in [0, 0.05) is 34.0 Å². The first-order valence-corrected chi connectivity index (χ1v) is 9.70. The number of rotatable bonds is 4. The fraction of sp³-hybridized carbons (Fsp3) is 0.0588. The minimum absolute atomic E-state index is 0.0398. The van der Waals surface area contributed by atoms with Crippen LogP contribution in [0, 0.1) is 0 Å². The summed E-state index contributed by atoms with van der Waals surface area (Å²) in [6.07, 6.45) is 3.01. The molecule has 7 nitrogen and oxygen atoms in total. The van der Waals surface area contributed by atoms with Gasteiger partial charge in [0.25, 0.3) is 5.91 Å². The Balaban J connectivity index is 1.96. The Labute approximate surface area is 158 Å². The number of nitrogens with one attached hydrogen (secondary N) is 2. The van der Waals surface area contributed by atoms with Crippen LogP contribution in [-0.4, -0.2) is 31.5 Å². The van der Waals surface area contributed by atoms with Crippen LogP contribution in [-0.2, 0) is 10.0 Å². The number of aromatic nitrogens is 1. The Morgan fingerprint density at radius 3 is 2.62 bits per heavy atom. The van der Waals surface area contributed by atoms with Crippen molar-refractivity contribution >= 4 is 48.3 Å². The number of phenols is 1. The number of carbonyl (C=O) groups excluding carboxylic acids is 1. The lowest BCUT2D eigenvalue weighted by molar-refractivity contribution is 0.102. The highest BCUT2D eigenvalue weighted by Gasteiger charge is 2.15. The molecule has 0 atom stereocenters. The molecule has 0 aliphatic heterocycles. The molecule has 2 aromatic carbocycles. The SMILES string of the molecule is CNS(=O)(=O)c1cc(O)c2cc(NC(=O)c3cncc(Br)c3)ccc2c1. The fourth-order valence-electron chi connectivity index (χ4n) is 2.40. The Morgan fingerprint density at radius 2 is 1.92 bits per heavy atom. The predicted octanol–water partition coefficient (Wildman–Crippen LogP) is 2.86. The van der Waals surface area contributed by atoms with E-state index in [-0.39, 0.29) is 16.6 Å². The highest BCUT2D eigenvalue weighted by molar-refractivity contribution is 9.10. The fourth-order valence-corrected chi connectivity index (χ4v) is 3.55. The number of hydrogen-bond donors (Lipinski definition) is 3. The molecule has 0 radical (unpaired) electrons. The number of benzene rings is 2. The van der Waals surface area contributed by atoms with Crippen molar-refractivity contribution in [2.45, 2.75) is 4.90 Å². The third kappa shape index (κ3) is 3.69. The molecule has 3 N–H and O–H groups in total. The molecule has 0 saturated carbocycles. The molecule has 1 amide bonds. The smallest absolute Gasteiger partial charge is 0.257 e. The van der Waals surface area contributed by atoms with Crippen LogP contribution in [0.15, 0.2) is 58.2 Å². The first-order chi connectivity index (χ1) is 12.3. The van der Waals surface area contributed by atoms with Gasteiger partial charge in [0.15, 0.2) is 0 Å². The number of fused-ring (bicyclic) bond motifs is 1. The summed E-state index contributed by atoms with van der Waals surface area (Å²) in [6.45, 7) is 0. The maximum Gasteiger partial charge on any atom is 0.257 e. The van der Waals surface area contributed by atoms with Crippen LogP contribution in [0.3, 0.4) is 0 Å². The van der Waals surface area contributed by atoms with Crippen molar-refractivity contribution in [1.29, 1.82) is 0 Å². The Hall–Kier alpha value is -2.49. The molecule has 9 heteroatoms. The summed E-state index contributed by atoms with van der Waals surface area (Å²) in [5.74, 6) is -0.552. The standard InChI is InChI=1S/C17H14BrN3O4S/c1-19-26(24,25)14-5-10-2-3-13(6-15(10)16(22)7-14)21-17(23)11-4-12(18)9-20-8-11/h2-9,19,22H,1H3,(H,21,23). The number of nitrogens with zero attached hydrogens (tertiary/aromatic N) is 1. The molecule has 0 unspecified atom stereocenters. The van der Waals surface area contributed by atoms with Gasteiger partial charge in [-0.15, -0.1) is 0 Å². The van der Waals surface area contributed by atoms with Gasteiger partial charge in [-0.1, -0.05) is 6.07 Å². The summed E-state index contributed by atoms with van der Waals surface area (Å²) >= 11 is 3.26. The molecule has 0 aliphatic carbocycles. The Bertz CT molecular complexity index is 1120. The highest BCUT2D eigenvalue weighted by Crippen LogP contribution is 2.31. The minimum atomic E-state index is -3.67. The van der Waals surface area contributed by atoms with Gasteiger partial charge >= 0.3 is 0 Å².